The maximum atomic E-state index is 14.4. The van der Waals surface area contributed by atoms with Gasteiger partial charge in [0, 0.05) is 33.6 Å². The summed E-state index contributed by atoms with van der Waals surface area (Å²) in [4.78, 5) is 51.4. The van der Waals surface area contributed by atoms with Crippen molar-refractivity contribution in [2.24, 2.45) is 0 Å². The van der Waals surface area contributed by atoms with Crippen molar-refractivity contribution in [1.29, 1.82) is 0 Å². The molecular formula is C54H68N4O8. The van der Waals surface area contributed by atoms with Crippen LogP contribution in [-0.4, -0.2) is 49.9 Å². The molecular weight excluding hydrogens is 833 g/mol. The minimum atomic E-state index is -0.514. The fraction of sp³-hybridized carbons (Fsp3) is 0.407. The van der Waals surface area contributed by atoms with Crippen LogP contribution in [0.5, 0.6) is 11.5 Å². The van der Waals surface area contributed by atoms with Crippen LogP contribution in [0.15, 0.2) is 85.0 Å². The van der Waals surface area contributed by atoms with E-state index in [4.69, 9.17) is 41.9 Å². The second-order valence-corrected chi connectivity index (χ2v) is 17.2. The molecule has 0 heterocycles. The molecule has 0 saturated heterocycles. The van der Waals surface area contributed by atoms with Crippen LogP contribution < -0.4 is 32.4 Å². The van der Waals surface area contributed by atoms with Gasteiger partial charge in [0.25, 0.3) is 0 Å². The summed E-state index contributed by atoms with van der Waals surface area (Å²) in [7, 11) is 0. The van der Waals surface area contributed by atoms with E-state index in [9.17, 15) is 19.2 Å². The first kappa shape index (κ1) is 50.4. The van der Waals surface area contributed by atoms with Crippen molar-refractivity contribution in [1.82, 2.24) is 0 Å². The second kappa shape index (κ2) is 25.2. The van der Waals surface area contributed by atoms with E-state index in [1.54, 1.807) is 26.0 Å². The number of fused-ring (bicyclic) bond motifs is 2. The predicted molar refractivity (Wildman–Crippen MR) is 265 cm³/mol. The summed E-state index contributed by atoms with van der Waals surface area (Å²) in [6.45, 7) is 12.6. The smallest absolute Gasteiger partial charge is 0.333 e. The number of nitrogen functional groups attached to an aromatic ring is 4. The highest BCUT2D eigenvalue weighted by Gasteiger charge is 2.38. The third-order valence-electron chi connectivity index (χ3n) is 11.8. The molecule has 0 saturated carbocycles. The zero-order valence-electron chi connectivity index (χ0n) is 38.9. The molecule has 0 spiro atoms. The van der Waals surface area contributed by atoms with Gasteiger partial charge in [-0.2, -0.15) is 0 Å². The number of hydrogen-bond donors (Lipinski definition) is 4. The first-order valence-electron chi connectivity index (χ1n) is 23.4. The van der Waals surface area contributed by atoms with E-state index in [1.807, 2.05) is 48.5 Å². The monoisotopic (exact) mass is 901 g/mol. The molecule has 12 heteroatoms. The molecule has 0 aromatic heterocycles. The summed E-state index contributed by atoms with van der Waals surface area (Å²) in [6.07, 6.45) is 16.9. The molecule has 4 aromatic rings. The van der Waals surface area contributed by atoms with Gasteiger partial charge in [-0.3, -0.25) is 9.59 Å². The Labute approximate surface area is 390 Å². The Hall–Kier alpha value is -6.56. The van der Waals surface area contributed by atoms with Gasteiger partial charge in [-0.1, -0.05) is 114 Å². The Morgan fingerprint density at radius 3 is 1.05 bits per heavy atom. The van der Waals surface area contributed by atoms with Gasteiger partial charge in [0.1, 0.15) is 11.5 Å². The molecule has 0 radical (unpaired) electrons. The maximum Gasteiger partial charge on any atom is 0.333 e. The van der Waals surface area contributed by atoms with Crippen LogP contribution >= 0.6 is 0 Å². The van der Waals surface area contributed by atoms with E-state index < -0.39 is 11.6 Å². The standard InChI is InChI=1S/C54H68N4O8/c1-35(2)53(61)65-31-19-15-11-7-5-9-13-17-29-63-39-25-21-37(22-26-39)41-33-43(55)45-47(49(41)57)52(60)48-46(51(45)59)44(56)34-42(50(48)58)38-23-27-40(28-24-38)64-30-18-14-10-6-8-12-16-20-32-66-54(62)36(3)4/h21-28,33-34H,1,3,5-20,29-32,55-58H2,2,4H3. The molecule has 0 unspecified atom stereocenters. The fourth-order valence-corrected chi connectivity index (χ4v) is 8.07. The van der Waals surface area contributed by atoms with Gasteiger partial charge in [0.15, 0.2) is 11.6 Å². The number of benzene rings is 4. The second-order valence-electron chi connectivity index (χ2n) is 17.2. The molecule has 66 heavy (non-hydrogen) atoms. The topological polar surface area (TPSA) is 209 Å². The van der Waals surface area contributed by atoms with E-state index in [1.165, 1.54) is 0 Å². The van der Waals surface area contributed by atoms with Crippen LogP contribution in [0.2, 0.25) is 0 Å². The normalized spacial score (nSPS) is 11.7. The maximum absolute atomic E-state index is 14.4. The highest BCUT2D eigenvalue weighted by molar-refractivity contribution is 6.36. The van der Waals surface area contributed by atoms with Gasteiger partial charge in [-0.25, -0.2) is 9.59 Å². The van der Waals surface area contributed by atoms with Crippen LogP contribution in [0.4, 0.5) is 22.7 Å². The van der Waals surface area contributed by atoms with E-state index in [0.29, 0.717) is 71.3 Å². The number of anilines is 4. The number of ketones is 2. The molecule has 1 aliphatic rings. The van der Waals surface area contributed by atoms with E-state index in [2.05, 4.69) is 13.2 Å². The average molecular weight is 901 g/mol. The molecule has 0 amide bonds. The lowest BCUT2D eigenvalue weighted by Gasteiger charge is -2.26. The summed E-state index contributed by atoms with van der Waals surface area (Å²) in [5, 5.41) is 0. The fourth-order valence-electron chi connectivity index (χ4n) is 8.07. The zero-order valence-corrected chi connectivity index (χ0v) is 38.9. The number of hydrogen-bond acceptors (Lipinski definition) is 12. The van der Waals surface area contributed by atoms with Gasteiger partial charge in [-0.05, 0) is 87.1 Å². The minimum Gasteiger partial charge on any atom is -0.494 e. The first-order valence-corrected chi connectivity index (χ1v) is 23.4. The average Bonchev–Trinajstić information content (AvgIpc) is 3.30. The van der Waals surface area contributed by atoms with Crippen LogP contribution in [0.25, 0.3) is 22.3 Å². The Morgan fingerprint density at radius 2 is 0.727 bits per heavy atom. The van der Waals surface area contributed by atoms with Gasteiger partial charge in [0.05, 0.1) is 60.1 Å². The molecule has 12 nitrogen and oxygen atoms in total. The molecule has 1 aliphatic carbocycles. The Balaban J connectivity index is 1.10. The zero-order chi connectivity index (χ0) is 47.6. The largest absolute Gasteiger partial charge is 0.494 e. The van der Waals surface area contributed by atoms with Gasteiger partial charge >= 0.3 is 11.9 Å². The summed E-state index contributed by atoms with van der Waals surface area (Å²) in [6, 6.07) is 18.1. The minimum absolute atomic E-state index is 0.0118. The highest BCUT2D eigenvalue weighted by Crippen LogP contribution is 2.45. The number of carbonyl (C=O) groups is 4. The Bertz CT molecular complexity index is 2190. The van der Waals surface area contributed by atoms with Crippen molar-refractivity contribution in [3.63, 3.8) is 0 Å². The summed E-state index contributed by atoms with van der Waals surface area (Å²) in [5.74, 6) is -0.250. The number of rotatable bonds is 28. The molecule has 4 aromatic carbocycles. The van der Waals surface area contributed by atoms with Crippen molar-refractivity contribution in [3.05, 3.63) is 107 Å². The molecule has 5 rings (SSSR count). The third kappa shape index (κ3) is 13.7. The Kier molecular flexibility index (Phi) is 19.3. The van der Waals surface area contributed by atoms with Crippen LogP contribution in [0.1, 0.15) is 148 Å². The molecule has 0 aliphatic heterocycles. The number of unbranched alkanes of at least 4 members (excludes halogenated alkanes) is 14. The molecule has 0 fully saturated rings. The van der Waals surface area contributed by atoms with Crippen LogP contribution in [0, 0.1) is 0 Å². The van der Waals surface area contributed by atoms with Crippen molar-refractivity contribution < 1.29 is 38.1 Å². The molecule has 0 bridgehead atoms. The quantitative estimate of drug-likeness (QED) is 0.0160. The van der Waals surface area contributed by atoms with Crippen molar-refractivity contribution in [3.8, 4) is 33.8 Å². The van der Waals surface area contributed by atoms with E-state index >= 15 is 0 Å². The highest BCUT2D eigenvalue weighted by atomic mass is 16.5. The predicted octanol–water partition coefficient (Wildman–Crippen LogP) is 11.4. The van der Waals surface area contributed by atoms with Crippen molar-refractivity contribution in [2.45, 2.75) is 117 Å². The number of nitrogens with two attached hydrogens (primary N) is 4. The number of ether oxygens (including phenoxy) is 4. The summed E-state index contributed by atoms with van der Waals surface area (Å²) in [5.41, 5.74) is 30.4. The third-order valence-corrected chi connectivity index (χ3v) is 11.8. The van der Waals surface area contributed by atoms with Crippen molar-refractivity contribution in [2.75, 3.05) is 49.4 Å². The number of carbonyl (C=O) groups excluding carboxylic acids is 4. The number of esters is 2. The lowest BCUT2D eigenvalue weighted by molar-refractivity contribution is -0.139. The first-order chi connectivity index (χ1) is 31.8. The molecule has 8 N–H and O–H groups in total. The Morgan fingerprint density at radius 1 is 0.439 bits per heavy atom. The SMILES string of the molecule is C=C(C)C(=O)OCCCCCCCCCCOc1ccc(-c2cc(N)c3c(c2N)C(=O)c2c(N)c(-c4ccc(OCCCCCCCCCCOC(=O)C(=C)C)cc4)cc(N)c2C3=O)cc1. The van der Waals surface area contributed by atoms with Crippen LogP contribution in [-0.2, 0) is 19.1 Å². The van der Waals surface area contributed by atoms with E-state index in [-0.39, 0.29) is 56.9 Å². The van der Waals surface area contributed by atoms with Gasteiger partial charge in [-0.15, -0.1) is 0 Å². The van der Waals surface area contributed by atoms with Crippen LogP contribution in [0.3, 0.4) is 0 Å². The lowest BCUT2D eigenvalue weighted by atomic mass is 9.78. The summed E-state index contributed by atoms with van der Waals surface area (Å²) >= 11 is 0. The van der Waals surface area contributed by atoms with Gasteiger partial charge < -0.3 is 41.9 Å². The lowest BCUT2D eigenvalue weighted by Crippen LogP contribution is -2.27. The van der Waals surface area contributed by atoms with E-state index in [0.717, 1.165) is 103 Å². The van der Waals surface area contributed by atoms with Crippen molar-refractivity contribution >= 4 is 46.3 Å². The molecule has 0 atom stereocenters. The summed E-state index contributed by atoms with van der Waals surface area (Å²) < 4.78 is 22.3. The molecule has 352 valence electrons. The van der Waals surface area contributed by atoms with Gasteiger partial charge in [0.2, 0.25) is 0 Å².